The van der Waals surface area contributed by atoms with Crippen LogP contribution in [0.15, 0.2) is 18.2 Å². The zero-order chi connectivity index (χ0) is 17.1. The molecule has 6 heteroatoms. The lowest BCUT2D eigenvalue weighted by Gasteiger charge is -2.34. The smallest absolute Gasteiger partial charge is 0.318 e. The van der Waals surface area contributed by atoms with Crippen LogP contribution in [0.25, 0.3) is 0 Å². The van der Waals surface area contributed by atoms with Crippen molar-refractivity contribution in [2.45, 2.75) is 44.7 Å². The van der Waals surface area contributed by atoms with Crippen molar-refractivity contribution < 1.29 is 19.2 Å². The second kappa shape index (κ2) is 7.52. The molecule has 2 fully saturated rings. The fourth-order valence-electron chi connectivity index (χ4n) is 4.06. The third-order valence-electron chi connectivity index (χ3n) is 5.58. The van der Waals surface area contributed by atoms with Gasteiger partial charge in [-0.25, -0.2) is 4.79 Å². The number of quaternary nitrogens is 1. The summed E-state index contributed by atoms with van der Waals surface area (Å²) >= 11 is 0. The van der Waals surface area contributed by atoms with Crippen molar-refractivity contribution in [3.63, 3.8) is 0 Å². The lowest BCUT2D eigenvalue weighted by Crippen LogP contribution is -3.13. The molecule has 25 heavy (non-hydrogen) atoms. The highest BCUT2D eigenvalue weighted by molar-refractivity contribution is 5.74. The average Bonchev–Trinajstić information content (AvgIpc) is 3.11. The zero-order valence-electron chi connectivity index (χ0n) is 14.8. The van der Waals surface area contributed by atoms with E-state index in [1.54, 1.807) is 0 Å². The number of benzene rings is 1. The molecule has 6 nitrogen and oxygen atoms in total. The Morgan fingerprint density at radius 2 is 1.88 bits per heavy atom. The minimum Gasteiger partial charge on any atom is -0.454 e. The zero-order valence-corrected chi connectivity index (χ0v) is 14.8. The van der Waals surface area contributed by atoms with Crippen LogP contribution in [0.5, 0.6) is 11.5 Å². The van der Waals surface area contributed by atoms with Gasteiger partial charge in [0, 0.05) is 11.6 Å². The Hall–Kier alpha value is -1.95. The number of fused-ring (bicyclic) bond motifs is 1. The van der Waals surface area contributed by atoms with Gasteiger partial charge in [-0.3, -0.25) is 0 Å². The molecule has 1 saturated carbocycles. The summed E-state index contributed by atoms with van der Waals surface area (Å²) in [6, 6.07) is 6.71. The van der Waals surface area contributed by atoms with Gasteiger partial charge in [-0.2, -0.15) is 0 Å². The molecule has 0 unspecified atom stereocenters. The average molecular weight is 346 g/mol. The third kappa shape index (κ3) is 4.00. The van der Waals surface area contributed by atoms with E-state index in [0.29, 0.717) is 12.8 Å². The van der Waals surface area contributed by atoms with E-state index in [0.717, 1.165) is 57.1 Å². The van der Waals surface area contributed by atoms with Crippen LogP contribution in [0.3, 0.4) is 0 Å². The van der Waals surface area contributed by atoms with Crippen molar-refractivity contribution in [1.82, 2.24) is 10.2 Å². The van der Waals surface area contributed by atoms with Crippen molar-refractivity contribution in [2.75, 3.05) is 33.0 Å². The van der Waals surface area contributed by atoms with Crippen molar-refractivity contribution >= 4 is 6.03 Å². The first-order valence-corrected chi connectivity index (χ1v) is 9.55. The van der Waals surface area contributed by atoms with Gasteiger partial charge < -0.3 is 24.6 Å². The third-order valence-corrected chi connectivity index (χ3v) is 5.58. The van der Waals surface area contributed by atoms with E-state index in [2.05, 4.69) is 17.4 Å². The first kappa shape index (κ1) is 16.5. The molecule has 2 N–H and O–H groups in total. The van der Waals surface area contributed by atoms with Gasteiger partial charge in [-0.15, -0.1) is 0 Å². The maximum Gasteiger partial charge on any atom is 0.318 e. The van der Waals surface area contributed by atoms with E-state index in [1.807, 2.05) is 11.0 Å². The highest BCUT2D eigenvalue weighted by Gasteiger charge is 2.26. The lowest BCUT2D eigenvalue weighted by molar-refractivity contribution is -0.917. The highest BCUT2D eigenvalue weighted by Crippen LogP contribution is 2.32. The molecule has 136 valence electrons. The summed E-state index contributed by atoms with van der Waals surface area (Å²) in [6.07, 6.45) is 6.09. The number of hydrogen-bond donors (Lipinski definition) is 2. The van der Waals surface area contributed by atoms with Gasteiger partial charge in [-0.1, -0.05) is 19.3 Å². The molecule has 2 aliphatic heterocycles. The SMILES string of the molecule is O=C(NC1CCCCC1)N1CC[NH+](Cc2ccc3c(c2)OCO3)CC1. The van der Waals surface area contributed by atoms with Crippen LogP contribution in [-0.2, 0) is 6.54 Å². The maximum absolute atomic E-state index is 12.4. The van der Waals surface area contributed by atoms with Gasteiger partial charge in [0.1, 0.15) is 6.54 Å². The molecule has 1 aromatic rings. The molecule has 0 bridgehead atoms. The molecular formula is C19H28N3O3+. The molecule has 1 saturated heterocycles. The van der Waals surface area contributed by atoms with Crippen molar-refractivity contribution in [3.05, 3.63) is 23.8 Å². The van der Waals surface area contributed by atoms with E-state index < -0.39 is 0 Å². The number of ether oxygens (including phenoxy) is 2. The summed E-state index contributed by atoms with van der Waals surface area (Å²) in [7, 11) is 0. The van der Waals surface area contributed by atoms with Crippen molar-refractivity contribution in [2.24, 2.45) is 0 Å². The first-order valence-electron chi connectivity index (χ1n) is 9.55. The Kier molecular flexibility index (Phi) is 4.97. The van der Waals surface area contributed by atoms with Crippen LogP contribution in [0.4, 0.5) is 4.79 Å². The van der Waals surface area contributed by atoms with Crippen LogP contribution in [0, 0.1) is 0 Å². The van der Waals surface area contributed by atoms with Crippen LogP contribution in [0.1, 0.15) is 37.7 Å². The predicted octanol–water partition coefficient (Wildman–Crippen LogP) is 1.16. The lowest BCUT2D eigenvalue weighted by atomic mass is 9.96. The summed E-state index contributed by atoms with van der Waals surface area (Å²) in [5.41, 5.74) is 1.26. The van der Waals surface area contributed by atoms with E-state index >= 15 is 0 Å². The molecule has 0 radical (unpaired) electrons. The number of piperazine rings is 1. The Morgan fingerprint density at radius 1 is 1.12 bits per heavy atom. The van der Waals surface area contributed by atoms with Crippen molar-refractivity contribution in [3.8, 4) is 11.5 Å². The number of rotatable bonds is 3. The van der Waals surface area contributed by atoms with Gasteiger partial charge in [0.15, 0.2) is 11.5 Å². The largest absolute Gasteiger partial charge is 0.454 e. The number of nitrogens with zero attached hydrogens (tertiary/aromatic N) is 1. The molecule has 0 spiro atoms. The number of amides is 2. The van der Waals surface area contributed by atoms with Gasteiger partial charge >= 0.3 is 6.03 Å². The normalized spacial score (nSPS) is 21.4. The van der Waals surface area contributed by atoms with Gasteiger partial charge in [-0.05, 0) is 31.0 Å². The first-order chi connectivity index (χ1) is 12.3. The van der Waals surface area contributed by atoms with Crippen LogP contribution >= 0.6 is 0 Å². The Morgan fingerprint density at radius 3 is 2.68 bits per heavy atom. The van der Waals surface area contributed by atoms with E-state index in [9.17, 15) is 4.79 Å². The molecule has 0 atom stereocenters. The molecule has 1 aromatic carbocycles. The number of hydrogen-bond acceptors (Lipinski definition) is 3. The number of carbonyl (C=O) groups excluding carboxylic acids is 1. The standard InChI is InChI=1S/C19H27N3O3/c23-19(20-16-4-2-1-3-5-16)22-10-8-21(9-11-22)13-15-6-7-17-18(12-15)25-14-24-17/h6-7,12,16H,1-5,8-11,13-14H2,(H,20,23)/p+1. The van der Waals surface area contributed by atoms with Crippen LogP contribution < -0.4 is 19.7 Å². The molecule has 3 aliphatic rings. The Balaban J connectivity index is 1.24. The fourth-order valence-corrected chi connectivity index (χ4v) is 4.06. The summed E-state index contributed by atoms with van der Waals surface area (Å²) in [4.78, 5) is 15.9. The van der Waals surface area contributed by atoms with Gasteiger partial charge in [0.05, 0.1) is 26.2 Å². The van der Waals surface area contributed by atoms with Crippen LogP contribution in [0.2, 0.25) is 0 Å². The minimum atomic E-state index is 0.133. The fraction of sp³-hybridized carbons (Fsp3) is 0.632. The van der Waals surface area contributed by atoms with Crippen molar-refractivity contribution in [1.29, 1.82) is 0 Å². The highest BCUT2D eigenvalue weighted by atomic mass is 16.7. The Labute approximate surface area is 149 Å². The summed E-state index contributed by atoms with van der Waals surface area (Å²) in [6.45, 7) is 4.94. The minimum absolute atomic E-state index is 0.133. The molecule has 2 amide bonds. The number of nitrogens with one attached hydrogen (secondary N) is 2. The second-order valence-electron chi connectivity index (χ2n) is 7.39. The quantitative estimate of drug-likeness (QED) is 0.864. The van der Waals surface area contributed by atoms with Crippen LogP contribution in [-0.4, -0.2) is 49.9 Å². The van der Waals surface area contributed by atoms with Gasteiger partial charge in [0.25, 0.3) is 0 Å². The van der Waals surface area contributed by atoms with E-state index in [1.165, 1.54) is 29.7 Å². The molecule has 0 aromatic heterocycles. The van der Waals surface area contributed by atoms with E-state index in [-0.39, 0.29) is 6.03 Å². The molecule has 2 heterocycles. The molecule has 1 aliphatic carbocycles. The maximum atomic E-state index is 12.4. The number of urea groups is 1. The molecular weight excluding hydrogens is 318 g/mol. The monoisotopic (exact) mass is 346 g/mol. The topological polar surface area (TPSA) is 55.2 Å². The summed E-state index contributed by atoms with van der Waals surface area (Å²) in [5, 5.41) is 3.23. The summed E-state index contributed by atoms with van der Waals surface area (Å²) in [5.74, 6) is 1.69. The summed E-state index contributed by atoms with van der Waals surface area (Å²) < 4.78 is 10.8. The Bertz CT molecular complexity index is 608. The number of carbonyl (C=O) groups is 1. The van der Waals surface area contributed by atoms with E-state index in [4.69, 9.17) is 9.47 Å². The second-order valence-corrected chi connectivity index (χ2v) is 7.39. The molecule has 4 rings (SSSR count). The predicted molar refractivity (Wildman–Crippen MR) is 93.9 cm³/mol. The van der Waals surface area contributed by atoms with Gasteiger partial charge in [0.2, 0.25) is 6.79 Å².